The zero-order chi connectivity index (χ0) is 25.3. The summed E-state index contributed by atoms with van der Waals surface area (Å²) in [6, 6.07) is 21.7. The van der Waals surface area contributed by atoms with Crippen LogP contribution >= 0.6 is 11.6 Å². The largest absolute Gasteiger partial charge is 0.360 e. The number of carbonyl (C=O) groups is 2. The van der Waals surface area contributed by atoms with E-state index < -0.39 is 6.04 Å². The van der Waals surface area contributed by atoms with E-state index >= 15 is 0 Å². The number of carbonyl (C=O) groups excluding carboxylic acids is 2. The maximum atomic E-state index is 13.4. The topological polar surface area (TPSA) is 77.2 Å². The van der Waals surface area contributed by atoms with Crippen molar-refractivity contribution in [3.8, 4) is 0 Å². The van der Waals surface area contributed by atoms with E-state index in [-0.39, 0.29) is 17.2 Å². The number of likely N-dealkylation sites (N-methyl/N-ethyl adjacent to an activating group) is 1. The van der Waals surface area contributed by atoms with Crippen molar-refractivity contribution < 1.29 is 9.59 Å². The first-order chi connectivity index (χ1) is 17.3. The third kappa shape index (κ3) is 5.01. The summed E-state index contributed by atoms with van der Waals surface area (Å²) in [4.78, 5) is 31.8. The Morgan fingerprint density at radius 1 is 1.03 bits per heavy atom. The van der Waals surface area contributed by atoms with Crippen LogP contribution in [0.25, 0.3) is 10.9 Å². The summed E-state index contributed by atoms with van der Waals surface area (Å²) in [5, 5.41) is 7.32. The lowest BCUT2D eigenvalue weighted by Gasteiger charge is -2.21. The van der Waals surface area contributed by atoms with E-state index in [2.05, 4.69) is 46.7 Å². The molecule has 1 heterocycles. The van der Waals surface area contributed by atoms with Crippen LogP contribution in [0.1, 0.15) is 40.4 Å². The number of halogens is 1. The molecule has 0 spiro atoms. The molecule has 0 radical (unpaired) electrons. The van der Waals surface area contributed by atoms with Gasteiger partial charge in [0.1, 0.15) is 6.04 Å². The minimum Gasteiger partial charge on any atom is -0.360 e. The number of fused-ring (bicyclic) bond motifs is 1. The van der Waals surface area contributed by atoms with Gasteiger partial charge in [-0.2, -0.15) is 0 Å². The van der Waals surface area contributed by atoms with E-state index in [4.69, 9.17) is 11.6 Å². The quantitative estimate of drug-likeness (QED) is 0.298. The van der Waals surface area contributed by atoms with Gasteiger partial charge in [-0.15, -0.1) is 0 Å². The Hall–Kier alpha value is -3.61. The number of hydrogen-bond acceptors (Lipinski definition) is 3. The maximum absolute atomic E-state index is 13.4. The molecule has 1 aromatic heterocycles. The molecule has 3 N–H and O–H groups in total. The van der Waals surface area contributed by atoms with Crippen molar-refractivity contribution >= 4 is 40.0 Å². The summed E-state index contributed by atoms with van der Waals surface area (Å²) >= 11 is 6.16. The van der Waals surface area contributed by atoms with E-state index in [1.165, 1.54) is 18.4 Å². The van der Waals surface area contributed by atoms with Gasteiger partial charge in [0.25, 0.3) is 11.8 Å². The highest BCUT2D eigenvalue weighted by atomic mass is 35.5. The van der Waals surface area contributed by atoms with Crippen molar-refractivity contribution in [1.82, 2.24) is 15.2 Å². The molecule has 0 saturated heterocycles. The minimum absolute atomic E-state index is 0.219. The molecule has 1 fully saturated rings. The standard InChI is InChI=1S/C29H29ClN4O2/c1-34(2)18-29(14-15-29)21-9-11-22(12-10-21)32-28(36)26(19-6-4-3-5-7-19)33-27(35)20-8-13-23-24(30)17-31-25(23)16-20/h3-13,16-17,26,31H,14-15,18H2,1-2H3,(H,32,36)(H,33,35). The van der Waals surface area contributed by atoms with Crippen LogP contribution in [0.5, 0.6) is 0 Å². The fraction of sp³-hybridized carbons (Fsp3) is 0.241. The Labute approximate surface area is 215 Å². The fourth-order valence-electron chi connectivity index (χ4n) is 4.81. The second-order valence-corrected chi connectivity index (χ2v) is 10.2. The van der Waals surface area contributed by atoms with Crippen LogP contribution in [0.3, 0.4) is 0 Å². The Kier molecular flexibility index (Phi) is 6.56. The molecular weight excluding hydrogens is 472 g/mol. The number of anilines is 1. The van der Waals surface area contributed by atoms with Crippen LogP contribution in [0.4, 0.5) is 5.69 Å². The van der Waals surface area contributed by atoms with Crippen molar-refractivity contribution in [3.05, 3.63) is 101 Å². The number of benzene rings is 3. The van der Waals surface area contributed by atoms with Crippen molar-refractivity contribution in [2.75, 3.05) is 26.0 Å². The summed E-state index contributed by atoms with van der Waals surface area (Å²) in [5.74, 6) is -0.651. The molecule has 1 unspecified atom stereocenters. The number of aromatic amines is 1. The van der Waals surface area contributed by atoms with Crippen LogP contribution in [-0.4, -0.2) is 42.3 Å². The Morgan fingerprint density at radius 2 is 1.75 bits per heavy atom. The third-order valence-electron chi connectivity index (χ3n) is 6.80. The van der Waals surface area contributed by atoms with Gasteiger partial charge in [0, 0.05) is 40.3 Å². The molecule has 6 nitrogen and oxygen atoms in total. The molecule has 36 heavy (non-hydrogen) atoms. The van der Waals surface area contributed by atoms with E-state index in [0.717, 1.165) is 17.4 Å². The predicted molar refractivity (Wildman–Crippen MR) is 144 cm³/mol. The van der Waals surface area contributed by atoms with Crippen LogP contribution in [0.2, 0.25) is 5.02 Å². The normalized spacial score (nSPS) is 15.0. The molecule has 1 saturated carbocycles. The van der Waals surface area contributed by atoms with Gasteiger partial charge in [0.15, 0.2) is 0 Å². The van der Waals surface area contributed by atoms with Gasteiger partial charge in [-0.05, 0) is 62.3 Å². The number of hydrogen-bond donors (Lipinski definition) is 3. The van der Waals surface area contributed by atoms with Crippen molar-refractivity contribution in [3.63, 3.8) is 0 Å². The number of aromatic nitrogens is 1. The average molecular weight is 501 g/mol. The van der Waals surface area contributed by atoms with Gasteiger partial charge in [-0.25, -0.2) is 0 Å². The number of H-pyrrole nitrogens is 1. The van der Waals surface area contributed by atoms with Gasteiger partial charge >= 0.3 is 0 Å². The molecule has 1 aliphatic carbocycles. The number of amides is 2. The van der Waals surface area contributed by atoms with Gasteiger partial charge in [-0.1, -0.05) is 60.1 Å². The SMILES string of the molecule is CN(C)CC1(c2ccc(NC(=O)C(NC(=O)c3ccc4c(Cl)c[nH]c4c3)c3ccccc3)cc2)CC1. The first kappa shape index (κ1) is 24.1. The fourth-order valence-corrected chi connectivity index (χ4v) is 5.03. The van der Waals surface area contributed by atoms with Gasteiger partial charge in [-0.3, -0.25) is 9.59 Å². The second-order valence-electron chi connectivity index (χ2n) is 9.80. The van der Waals surface area contributed by atoms with E-state index in [9.17, 15) is 9.59 Å². The first-order valence-electron chi connectivity index (χ1n) is 12.0. The summed E-state index contributed by atoms with van der Waals surface area (Å²) < 4.78 is 0. The van der Waals surface area contributed by atoms with Crippen LogP contribution < -0.4 is 10.6 Å². The zero-order valence-corrected chi connectivity index (χ0v) is 21.1. The second kappa shape index (κ2) is 9.80. The van der Waals surface area contributed by atoms with Crippen LogP contribution in [-0.2, 0) is 10.2 Å². The van der Waals surface area contributed by atoms with Crippen molar-refractivity contribution in [2.45, 2.75) is 24.3 Å². The van der Waals surface area contributed by atoms with E-state index in [1.807, 2.05) is 42.5 Å². The lowest BCUT2D eigenvalue weighted by molar-refractivity contribution is -0.118. The zero-order valence-electron chi connectivity index (χ0n) is 20.3. The lowest BCUT2D eigenvalue weighted by atomic mass is 9.95. The monoisotopic (exact) mass is 500 g/mol. The van der Waals surface area contributed by atoms with E-state index in [1.54, 1.807) is 24.4 Å². The molecule has 184 valence electrons. The summed E-state index contributed by atoms with van der Waals surface area (Å²) in [6.45, 7) is 1.02. The molecule has 3 aromatic carbocycles. The molecule has 4 aromatic rings. The first-order valence-corrected chi connectivity index (χ1v) is 12.4. The highest BCUT2D eigenvalue weighted by molar-refractivity contribution is 6.35. The van der Waals surface area contributed by atoms with Gasteiger partial charge in [0.2, 0.25) is 0 Å². The maximum Gasteiger partial charge on any atom is 0.252 e. The highest BCUT2D eigenvalue weighted by Crippen LogP contribution is 2.48. The Morgan fingerprint density at radius 3 is 2.42 bits per heavy atom. The number of nitrogens with one attached hydrogen (secondary N) is 3. The van der Waals surface area contributed by atoms with Crippen molar-refractivity contribution in [1.29, 1.82) is 0 Å². The van der Waals surface area contributed by atoms with Gasteiger partial charge in [0.05, 0.1) is 5.02 Å². The molecule has 7 heteroatoms. The Bertz CT molecular complexity index is 1390. The Balaban J connectivity index is 1.34. The average Bonchev–Trinajstić information content (AvgIpc) is 3.56. The van der Waals surface area contributed by atoms with Gasteiger partial charge < -0.3 is 20.5 Å². The molecular formula is C29H29ClN4O2. The number of rotatable bonds is 8. The highest BCUT2D eigenvalue weighted by Gasteiger charge is 2.44. The predicted octanol–water partition coefficient (Wildman–Crippen LogP) is 5.52. The molecule has 1 aliphatic rings. The molecule has 2 amide bonds. The van der Waals surface area contributed by atoms with Crippen molar-refractivity contribution in [2.24, 2.45) is 0 Å². The molecule has 1 atom stereocenters. The van der Waals surface area contributed by atoms with E-state index in [0.29, 0.717) is 21.8 Å². The third-order valence-corrected chi connectivity index (χ3v) is 7.11. The smallest absolute Gasteiger partial charge is 0.252 e. The summed E-state index contributed by atoms with van der Waals surface area (Å²) in [7, 11) is 4.19. The molecule has 5 rings (SSSR count). The number of nitrogens with zero attached hydrogens (tertiary/aromatic N) is 1. The summed E-state index contributed by atoms with van der Waals surface area (Å²) in [6.07, 6.45) is 4.05. The lowest BCUT2D eigenvalue weighted by Crippen LogP contribution is -2.37. The van der Waals surface area contributed by atoms with Crippen LogP contribution in [0.15, 0.2) is 79.0 Å². The minimum atomic E-state index is -0.857. The van der Waals surface area contributed by atoms with Crippen LogP contribution in [0, 0.1) is 0 Å². The molecule has 0 bridgehead atoms. The summed E-state index contributed by atoms with van der Waals surface area (Å²) in [5.41, 5.74) is 4.11. The molecule has 0 aliphatic heterocycles.